The zero-order chi connectivity index (χ0) is 40.0. The van der Waals surface area contributed by atoms with Crippen molar-refractivity contribution in [2.24, 2.45) is 22.1 Å². The van der Waals surface area contributed by atoms with Crippen LogP contribution >= 0.6 is 21.6 Å². The first-order valence-corrected chi connectivity index (χ1v) is 23.4. The van der Waals surface area contributed by atoms with Gasteiger partial charge in [-0.05, 0) is 99.6 Å². The van der Waals surface area contributed by atoms with Gasteiger partial charge in [0.15, 0.2) is 17.5 Å². The number of fused-ring (bicyclic) bond motifs is 4. The number of aryl methyl sites for hydroxylation is 1. The number of phenols is 1. The van der Waals surface area contributed by atoms with Crippen LogP contribution in [-0.2, 0) is 33.7 Å². The van der Waals surface area contributed by atoms with Crippen LogP contribution in [-0.4, -0.2) is 80.5 Å². The van der Waals surface area contributed by atoms with Crippen LogP contribution in [0, 0.1) is 11.3 Å². The number of ether oxygens (including phenoxy) is 2. The number of hydrogen-bond donors (Lipinski definition) is 5. The molecule has 8 rings (SSSR count). The number of phenolic OH excluding ortho intramolecular Hbond substituents is 1. The normalized spacial score (nSPS) is 30.3. The summed E-state index contributed by atoms with van der Waals surface area (Å²) >= 11 is 0. The molecule has 1 spiro atoms. The number of nitrogen functional groups attached to an aromatic ring is 1. The molecule has 2 fully saturated rings. The number of carbonyl (C=O) groups excluding carboxylic acids is 2. The number of guanidine groups is 1. The van der Waals surface area contributed by atoms with Gasteiger partial charge in [-0.1, -0.05) is 46.9 Å². The second kappa shape index (κ2) is 18.5. The van der Waals surface area contributed by atoms with E-state index in [0.29, 0.717) is 92.9 Å². The summed E-state index contributed by atoms with van der Waals surface area (Å²) in [7, 11) is 3.46. The lowest BCUT2D eigenvalue weighted by molar-refractivity contribution is -0.148. The fraction of sp³-hybridized carbons (Fsp3) is 0.628. The van der Waals surface area contributed by atoms with Gasteiger partial charge >= 0.3 is 5.97 Å². The van der Waals surface area contributed by atoms with E-state index in [1.54, 1.807) is 27.8 Å². The number of aliphatic hydroxyl groups excluding tert-OH is 1. The van der Waals surface area contributed by atoms with Gasteiger partial charge in [0.25, 0.3) is 0 Å². The molecule has 14 heteroatoms. The Balaban J connectivity index is 1.21. The number of nitrogens with two attached hydrogens (primary N) is 2. The van der Waals surface area contributed by atoms with Crippen LogP contribution in [0.3, 0.4) is 0 Å². The third-order valence-corrected chi connectivity index (χ3v) is 14.9. The number of pyridine rings is 1. The largest absolute Gasteiger partial charge is 0.504 e. The molecule has 2 aromatic rings. The zero-order valence-electron chi connectivity index (χ0n) is 33.3. The number of carbonyl (C=O) groups is 2. The predicted molar refractivity (Wildman–Crippen MR) is 227 cm³/mol. The van der Waals surface area contributed by atoms with Gasteiger partial charge < -0.3 is 41.4 Å². The summed E-state index contributed by atoms with van der Waals surface area (Å²) in [6, 6.07) is 5.88. The third-order valence-electron chi connectivity index (χ3n) is 12.7. The van der Waals surface area contributed by atoms with Gasteiger partial charge in [-0.25, -0.2) is 9.98 Å². The molecule has 6 atom stereocenters. The van der Waals surface area contributed by atoms with E-state index >= 15 is 0 Å². The maximum Gasteiger partial charge on any atom is 0.302 e. The first kappa shape index (κ1) is 41.5. The molecule has 310 valence electrons. The Bertz CT molecular complexity index is 1830. The van der Waals surface area contributed by atoms with Crippen LogP contribution in [0.25, 0.3) is 0 Å². The number of aliphatic hydroxyl groups is 1. The van der Waals surface area contributed by atoms with Crippen molar-refractivity contribution in [2.45, 2.75) is 134 Å². The molecular weight excluding hydrogens is 761 g/mol. The number of aliphatic imine (C=N–C) groups is 1. The maximum atomic E-state index is 14.1. The summed E-state index contributed by atoms with van der Waals surface area (Å²) < 4.78 is 12.8. The molecule has 6 aliphatic rings. The van der Waals surface area contributed by atoms with Gasteiger partial charge in [0.1, 0.15) is 17.5 Å². The Morgan fingerprint density at radius 3 is 2.79 bits per heavy atom. The number of nitrogens with one attached hydrogen (secondary N) is 1. The molecule has 1 saturated heterocycles. The first-order chi connectivity index (χ1) is 27.5. The van der Waals surface area contributed by atoms with Crippen molar-refractivity contribution in [2.75, 3.05) is 30.5 Å². The van der Waals surface area contributed by atoms with E-state index in [1.165, 1.54) is 6.92 Å². The van der Waals surface area contributed by atoms with Crippen molar-refractivity contribution in [1.82, 2.24) is 15.2 Å². The number of allylic oxidation sites excluding steroid dienone is 1. The molecule has 12 nitrogen and oxygen atoms in total. The summed E-state index contributed by atoms with van der Waals surface area (Å²) in [5.41, 5.74) is 15.2. The summed E-state index contributed by atoms with van der Waals surface area (Å²) in [6.07, 6.45) is 17.0. The molecular formula is C43H60N6O6S2. The fourth-order valence-corrected chi connectivity index (χ4v) is 11.8. The van der Waals surface area contributed by atoms with E-state index in [9.17, 15) is 19.8 Å². The van der Waals surface area contributed by atoms with Crippen LogP contribution in [0.1, 0.15) is 119 Å². The Labute approximate surface area is 344 Å². The van der Waals surface area contributed by atoms with Crippen molar-refractivity contribution < 1.29 is 29.3 Å². The van der Waals surface area contributed by atoms with Crippen molar-refractivity contribution in [3.05, 3.63) is 58.8 Å². The monoisotopic (exact) mass is 820 g/mol. The Morgan fingerprint density at radius 1 is 1.09 bits per heavy atom. The van der Waals surface area contributed by atoms with Gasteiger partial charge in [-0.3, -0.25) is 9.59 Å². The molecule has 4 aliphatic heterocycles. The minimum atomic E-state index is -0.576. The van der Waals surface area contributed by atoms with Crippen LogP contribution in [0.2, 0.25) is 0 Å². The number of aromatic hydroxyl groups is 1. The average molecular weight is 821 g/mol. The molecule has 6 bridgehead atoms. The van der Waals surface area contributed by atoms with Gasteiger partial charge in [0.2, 0.25) is 5.91 Å². The second-order valence-electron chi connectivity index (χ2n) is 17.0. The van der Waals surface area contributed by atoms with E-state index in [2.05, 4.69) is 33.5 Å². The van der Waals surface area contributed by atoms with Crippen LogP contribution < -0.4 is 21.5 Å². The van der Waals surface area contributed by atoms with Crippen LogP contribution in [0.4, 0.5) is 5.82 Å². The van der Waals surface area contributed by atoms with Crippen molar-refractivity contribution >= 4 is 45.2 Å². The summed E-state index contributed by atoms with van der Waals surface area (Å²) in [4.78, 5) is 37.0. The maximum absolute atomic E-state index is 14.1. The standard InChI is InChI=1S/C43H60N6O6S2/c1-28(50)54-35-10-9-30-20-32(39(53)40-38(30)31-11-14-43(55-40)13-6-7-33(43)21-31)25-49-26-42(24-37(49)52,23-29-12-16-46-36(44)19-29)15-17-47-41(45)48-27-57-56-18-5-3-2-4-8-34(51)22-35/h11-12,14,16,19-20,31,33-35,51,53H,2-10,13,15,17-18,21-27H2,1H3,(H2,44,46)(H3,45,47,48). The molecule has 1 aromatic heterocycles. The minimum absolute atomic E-state index is 0.0151. The zero-order valence-corrected chi connectivity index (χ0v) is 34.9. The number of rotatable bonds is 3. The van der Waals surface area contributed by atoms with E-state index < -0.39 is 23.2 Å². The summed E-state index contributed by atoms with van der Waals surface area (Å²) in [5, 5.41) is 26.5. The van der Waals surface area contributed by atoms with E-state index in [-0.39, 0.29) is 30.1 Å². The third kappa shape index (κ3) is 10.2. The van der Waals surface area contributed by atoms with E-state index in [0.717, 1.165) is 73.8 Å². The number of nitrogens with zero attached hydrogens (tertiary/aromatic N) is 3. The smallest absolute Gasteiger partial charge is 0.302 e. The van der Waals surface area contributed by atoms with Crippen molar-refractivity contribution in [1.29, 1.82) is 0 Å². The van der Waals surface area contributed by atoms with Gasteiger partial charge in [0.05, 0.1) is 12.0 Å². The fourth-order valence-electron chi connectivity index (χ4n) is 10.00. The highest BCUT2D eigenvalue weighted by Gasteiger charge is 2.51. The number of aromatic nitrogens is 1. The number of benzene rings is 1. The van der Waals surface area contributed by atoms with Crippen LogP contribution in [0.15, 0.2) is 41.5 Å². The molecule has 1 saturated carbocycles. The number of anilines is 1. The van der Waals surface area contributed by atoms with Gasteiger partial charge in [0, 0.05) is 79.7 Å². The number of hydrogen-bond acceptors (Lipinski definition) is 13. The molecule has 5 heterocycles. The molecule has 57 heavy (non-hydrogen) atoms. The molecule has 1 aromatic carbocycles. The molecule has 0 radical (unpaired) electrons. The van der Waals surface area contributed by atoms with Crippen molar-refractivity contribution in [3.63, 3.8) is 0 Å². The van der Waals surface area contributed by atoms with Crippen molar-refractivity contribution in [3.8, 4) is 11.5 Å². The lowest BCUT2D eigenvalue weighted by atomic mass is 9.75. The first-order valence-electron chi connectivity index (χ1n) is 20.9. The topological polar surface area (TPSA) is 186 Å². The highest BCUT2D eigenvalue weighted by molar-refractivity contribution is 8.76. The summed E-state index contributed by atoms with van der Waals surface area (Å²) in [6.45, 7) is 2.68. The number of esters is 1. The molecule has 2 aliphatic carbocycles. The van der Waals surface area contributed by atoms with Gasteiger partial charge in [-0.15, -0.1) is 0 Å². The lowest BCUT2D eigenvalue weighted by Crippen LogP contribution is -2.38. The Morgan fingerprint density at radius 2 is 1.95 bits per heavy atom. The lowest BCUT2D eigenvalue weighted by Gasteiger charge is -2.34. The van der Waals surface area contributed by atoms with Gasteiger partial charge in [-0.2, -0.15) is 0 Å². The average Bonchev–Trinajstić information content (AvgIpc) is 3.61. The highest BCUT2D eigenvalue weighted by Crippen LogP contribution is 2.57. The van der Waals surface area contributed by atoms with E-state index in [1.807, 2.05) is 17.0 Å². The molecule has 6 unspecified atom stereocenters. The second-order valence-corrected chi connectivity index (χ2v) is 19.5. The Hall–Kier alpha value is -3.62. The minimum Gasteiger partial charge on any atom is -0.504 e. The number of amides is 1. The Kier molecular flexibility index (Phi) is 13.5. The highest BCUT2D eigenvalue weighted by atomic mass is 33.1. The predicted octanol–water partition coefficient (Wildman–Crippen LogP) is 6.52. The van der Waals surface area contributed by atoms with E-state index in [4.69, 9.17) is 20.9 Å². The molecule has 1 amide bonds. The molecule has 7 N–H and O–H groups in total. The SMILES string of the molecule is CC(=O)OC1CCc2cc(c(O)c3c2C2C=CC4(CCCC4C2)O3)CN2CC(Cc3ccnc(N)c3)(CCNC(N)=NCSSCCCCCCC(O)C1)CC2=O. The van der Waals surface area contributed by atoms with Crippen LogP contribution in [0.5, 0.6) is 11.5 Å². The quantitative estimate of drug-likeness (QED) is 0.129. The summed E-state index contributed by atoms with van der Waals surface area (Å²) in [5.74, 6) is 3.12.